The molecule has 1 aromatic rings. The second kappa shape index (κ2) is 4.24. The van der Waals surface area contributed by atoms with E-state index in [0.29, 0.717) is 6.04 Å². The second-order valence-corrected chi connectivity index (χ2v) is 4.21. The number of nitrogens with one attached hydrogen (secondary N) is 1. The number of aryl methyl sites for hydroxylation is 2. The maximum atomic E-state index is 4.52. The van der Waals surface area contributed by atoms with E-state index in [9.17, 15) is 0 Å². The van der Waals surface area contributed by atoms with E-state index in [1.165, 1.54) is 0 Å². The van der Waals surface area contributed by atoms with Crippen LogP contribution >= 0.6 is 0 Å². The first-order chi connectivity index (χ1) is 7.16. The van der Waals surface area contributed by atoms with Crippen molar-refractivity contribution in [1.82, 2.24) is 20.2 Å². The molecule has 1 aliphatic heterocycles. The summed E-state index contributed by atoms with van der Waals surface area (Å²) in [5.74, 6) is 0.946. The Hall–Kier alpha value is -1.00. The number of hydrogen-bond acceptors (Lipinski definition) is 4. The molecule has 0 radical (unpaired) electrons. The highest BCUT2D eigenvalue weighted by Gasteiger charge is 2.22. The number of nitrogens with zero attached hydrogens (tertiary/aromatic N) is 3. The molecule has 1 saturated heterocycles. The Morgan fingerprint density at radius 3 is 2.60 bits per heavy atom. The molecule has 0 bridgehead atoms. The molecule has 0 aromatic carbocycles. The van der Waals surface area contributed by atoms with E-state index in [4.69, 9.17) is 0 Å². The van der Waals surface area contributed by atoms with Crippen LogP contribution in [0.2, 0.25) is 0 Å². The van der Waals surface area contributed by atoms with Crippen LogP contribution < -0.4 is 5.32 Å². The molecule has 4 nitrogen and oxygen atoms in total. The highest BCUT2D eigenvalue weighted by molar-refractivity contribution is 5.11. The van der Waals surface area contributed by atoms with Crippen molar-refractivity contribution in [3.8, 4) is 0 Å². The molecule has 1 N–H and O–H groups in total. The van der Waals surface area contributed by atoms with Crippen molar-refractivity contribution in [1.29, 1.82) is 0 Å². The van der Waals surface area contributed by atoms with Crippen molar-refractivity contribution >= 4 is 0 Å². The Bertz CT molecular complexity index is 330. The van der Waals surface area contributed by atoms with Crippen LogP contribution in [0.1, 0.15) is 23.3 Å². The summed E-state index contributed by atoms with van der Waals surface area (Å²) >= 11 is 0. The highest BCUT2D eigenvalue weighted by atomic mass is 15.2. The molecule has 1 fully saturated rings. The van der Waals surface area contributed by atoms with Gasteiger partial charge in [-0.05, 0) is 27.0 Å². The van der Waals surface area contributed by atoms with Gasteiger partial charge in [0.2, 0.25) is 0 Å². The van der Waals surface area contributed by atoms with Gasteiger partial charge in [-0.1, -0.05) is 0 Å². The van der Waals surface area contributed by atoms with Crippen molar-refractivity contribution < 1.29 is 0 Å². The summed E-state index contributed by atoms with van der Waals surface area (Å²) in [6.45, 7) is 7.10. The van der Waals surface area contributed by atoms with Gasteiger partial charge < -0.3 is 5.32 Å². The molecule has 4 heteroatoms. The largest absolute Gasteiger partial charge is 0.313 e. The number of piperazine rings is 1. The van der Waals surface area contributed by atoms with E-state index in [-0.39, 0.29) is 0 Å². The molecule has 1 atom stereocenters. The summed E-state index contributed by atoms with van der Waals surface area (Å²) in [6, 6.07) is 2.33. The fourth-order valence-corrected chi connectivity index (χ4v) is 2.00. The minimum atomic E-state index is 0.317. The average Bonchev–Trinajstić information content (AvgIpc) is 2.16. The number of aromatic nitrogens is 2. The number of hydrogen-bond donors (Lipinski definition) is 1. The first kappa shape index (κ1) is 10.5. The Kier molecular flexibility index (Phi) is 2.98. The molecule has 2 rings (SSSR count). The predicted molar refractivity (Wildman–Crippen MR) is 59.7 cm³/mol. The van der Waals surface area contributed by atoms with E-state index >= 15 is 0 Å². The predicted octanol–water partition coefficient (Wildman–Crippen LogP) is 0.670. The van der Waals surface area contributed by atoms with Gasteiger partial charge >= 0.3 is 0 Å². The standard InChI is InChI=1S/C11H18N4/c1-8-6-9(2)14-11(13-8)10-7-12-4-5-15(10)3/h6,10,12H,4-5,7H2,1-3H3. The first-order valence-electron chi connectivity index (χ1n) is 5.40. The van der Waals surface area contributed by atoms with Crippen LogP contribution in [0.5, 0.6) is 0 Å². The zero-order valence-corrected chi connectivity index (χ0v) is 9.62. The molecule has 0 saturated carbocycles. The molecule has 0 amide bonds. The van der Waals surface area contributed by atoms with Gasteiger partial charge in [-0.3, -0.25) is 4.90 Å². The lowest BCUT2D eigenvalue weighted by molar-refractivity contribution is 0.194. The van der Waals surface area contributed by atoms with Crippen LogP contribution in [0.4, 0.5) is 0 Å². The van der Waals surface area contributed by atoms with Crippen molar-refractivity contribution in [3.05, 3.63) is 23.3 Å². The van der Waals surface area contributed by atoms with Crippen molar-refractivity contribution in [2.75, 3.05) is 26.7 Å². The SMILES string of the molecule is Cc1cc(C)nc(C2CNCCN2C)n1. The summed E-state index contributed by atoms with van der Waals surface area (Å²) in [5.41, 5.74) is 2.10. The summed E-state index contributed by atoms with van der Waals surface area (Å²) in [4.78, 5) is 11.3. The lowest BCUT2D eigenvalue weighted by Gasteiger charge is -2.32. The van der Waals surface area contributed by atoms with E-state index in [1.807, 2.05) is 19.9 Å². The zero-order valence-electron chi connectivity index (χ0n) is 9.62. The third-order valence-corrected chi connectivity index (χ3v) is 2.81. The molecule has 0 aliphatic carbocycles. The Morgan fingerprint density at radius 2 is 2.00 bits per heavy atom. The van der Waals surface area contributed by atoms with Crippen molar-refractivity contribution in [2.24, 2.45) is 0 Å². The lowest BCUT2D eigenvalue weighted by Crippen LogP contribution is -2.44. The summed E-state index contributed by atoms with van der Waals surface area (Å²) < 4.78 is 0. The van der Waals surface area contributed by atoms with Gasteiger partial charge in [-0.25, -0.2) is 9.97 Å². The van der Waals surface area contributed by atoms with Crippen molar-refractivity contribution in [3.63, 3.8) is 0 Å². The number of likely N-dealkylation sites (N-methyl/N-ethyl adjacent to an activating group) is 1. The molecular formula is C11H18N4. The van der Waals surface area contributed by atoms with Crippen molar-refractivity contribution in [2.45, 2.75) is 19.9 Å². The summed E-state index contributed by atoms with van der Waals surface area (Å²) in [7, 11) is 2.13. The van der Waals surface area contributed by atoms with E-state index in [1.54, 1.807) is 0 Å². The van der Waals surface area contributed by atoms with Crippen LogP contribution in [-0.2, 0) is 0 Å². The molecule has 0 spiro atoms. The van der Waals surface area contributed by atoms with E-state index in [2.05, 4.69) is 27.2 Å². The van der Waals surface area contributed by atoms with Gasteiger partial charge in [0.25, 0.3) is 0 Å². The molecular weight excluding hydrogens is 188 g/mol. The molecule has 15 heavy (non-hydrogen) atoms. The maximum Gasteiger partial charge on any atom is 0.147 e. The molecule has 2 heterocycles. The highest BCUT2D eigenvalue weighted by Crippen LogP contribution is 2.17. The van der Waals surface area contributed by atoms with Gasteiger partial charge in [0.15, 0.2) is 0 Å². The maximum absolute atomic E-state index is 4.52. The zero-order chi connectivity index (χ0) is 10.8. The monoisotopic (exact) mass is 206 g/mol. The van der Waals surface area contributed by atoms with Gasteiger partial charge in [0, 0.05) is 31.0 Å². The Balaban J connectivity index is 2.27. The topological polar surface area (TPSA) is 41.1 Å². The van der Waals surface area contributed by atoms with Crippen LogP contribution in [0.3, 0.4) is 0 Å². The van der Waals surface area contributed by atoms with Crippen LogP contribution in [0.25, 0.3) is 0 Å². The van der Waals surface area contributed by atoms with Gasteiger partial charge in [0.1, 0.15) is 5.82 Å². The number of rotatable bonds is 1. The summed E-state index contributed by atoms with van der Waals surface area (Å²) in [5, 5.41) is 3.38. The first-order valence-corrected chi connectivity index (χ1v) is 5.40. The lowest BCUT2D eigenvalue weighted by atomic mass is 10.2. The third-order valence-electron chi connectivity index (χ3n) is 2.81. The molecule has 1 aromatic heterocycles. The second-order valence-electron chi connectivity index (χ2n) is 4.21. The smallest absolute Gasteiger partial charge is 0.147 e. The van der Waals surface area contributed by atoms with Crippen LogP contribution in [0, 0.1) is 13.8 Å². The quantitative estimate of drug-likeness (QED) is 0.733. The van der Waals surface area contributed by atoms with Crippen LogP contribution in [-0.4, -0.2) is 41.5 Å². The Labute approximate surface area is 90.7 Å². The fraction of sp³-hybridized carbons (Fsp3) is 0.636. The normalized spacial score (nSPS) is 23.0. The van der Waals surface area contributed by atoms with E-state index < -0.39 is 0 Å². The summed E-state index contributed by atoms with van der Waals surface area (Å²) in [6.07, 6.45) is 0. The van der Waals surface area contributed by atoms with Gasteiger partial charge in [0.05, 0.1) is 6.04 Å². The molecule has 82 valence electrons. The van der Waals surface area contributed by atoms with Crippen LogP contribution in [0.15, 0.2) is 6.07 Å². The minimum absolute atomic E-state index is 0.317. The van der Waals surface area contributed by atoms with E-state index in [0.717, 1.165) is 36.8 Å². The fourth-order valence-electron chi connectivity index (χ4n) is 2.00. The van der Waals surface area contributed by atoms with Gasteiger partial charge in [-0.15, -0.1) is 0 Å². The average molecular weight is 206 g/mol. The Morgan fingerprint density at radius 1 is 1.33 bits per heavy atom. The van der Waals surface area contributed by atoms with Gasteiger partial charge in [-0.2, -0.15) is 0 Å². The molecule has 1 unspecified atom stereocenters. The third kappa shape index (κ3) is 2.33. The minimum Gasteiger partial charge on any atom is -0.313 e. The molecule has 1 aliphatic rings.